The maximum Gasteiger partial charge on any atom is 0.387 e. The zero-order valence-corrected chi connectivity index (χ0v) is 16.6. The lowest BCUT2D eigenvalue weighted by Gasteiger charge is -2.21. The summed E-state index contributed by atoms with van der Waals surface area (Å²) in [5.74, 6) is -2.73. The number of ether oxygens (including phenoxy) is 2. The number of benzene rings is 2. The normalized spacial score (nSPS) is 12.7. The second-order valence-electron chi connectivity index (χ2n) is 6.66. The predicted molar refractivity (Wildman–Crippen MR) is 105 cm³/mol. The zero-order valence-electron chi connectivity index (χ0n) is 16.6. The average Bonchev–Trinajstić information content (AvgIpc) is 2.73. The molecule has 0 radical (unpaired) electrons. The van der Waals surface area contributed by atoms with Crippen LogP contribution in [-0.4, -0.2) is 31.0 Å². The van der Waals surface area contributed by atoms with Crippen molar-refractivity contribution in [3.63, 3.8) is 0 Å². The summed E-state index contributed by atoms with van der Waals surface area (Å²) in [6.45, 7) is 0.286. The fourth-order valence-corrected chi connectivity index (χ4v) is 2.84. The van der Waals surface area contributed by atoms with Gasteiger partial charge in [-0.15, -0.1) is 0 Å². The lowest BCUT2D eigenvalue weighted by atomic mass is 9.86. The summed E-state index contributed by atoms with van der Waals surface area (Å²) in [4.78, 5) is 36.7. The number of carbonyl (C=O) groups is 3. The molecule has 0 heterocycles. The molecule has 0 fully saturated rings. The van der Waals surface area contributed by atoms with Crippen molar-refractivity contribution < 1.29 is 32.6 Å². The van der Waals surface area contributed by atoms with Gasteiger partial charge in [0.15, 0.2) is 6.61 Å². The first kappa shape index (κ1) is 23.0. The van der Waals surface area contributed by atoms with Crippen LogP contribution in [0.3, 0.4) is 0 Å². The molecule has 0 saturated carbocycles. The molecule has 2 aromatic carbocycles. The molecule has 0 aliphatic heterocycles. The van der Waals surface area contributed by atoms with E-state index in [9.17, 15) is 23.2 Å². The summed E-state index contributed by atoms with van der Waals surface area (Å²) in [5, 5.41) is 2.09. The number of hydrogen-bond acceptors (Lipinski definition) is 5. The number of halogens is 2. The lowest BCUT2D eigenvalue weighted by molar-refractivity contribution is -0.151. The quantitative estimate of drug-likeness (QED) is 0.623. The molecule has 0 aliphatic carbocycles. The zero-order chi connectivity index (χ0) is 22.1. The second-order valence-corrected chi connectivity index (χ2v) is 6.66. The van der Waals surface area contributed by atoms with Gasteiger partial charge in [-0.05, 0) is 35.7 Å². The maximum absolute atomic E-state index is 12.6. The number of carbonyl (C=O) groups excluding carboxylic acids is 3. The van der Waals surface area contributed by atoms with Crippen LogP contribution in [-0.2, 0) is 14.3 Å². The number of rotatable bonds is 9. The van der Waals surface area contributed by atoms with E-state index < -0.39 is 36.9 Å². The minimum atomic E-state index is -2.98. The van der Waals surface area contributed by atoms with Crippen molar-refractivity contribution in [2.24, 2.45) is 5.92 Å². The Morgan fingerprint density at radius 2 is 1.63 bits per heavy atom. The number of nitrogens with one attached hydrogen (secondary N) is 1. The summed E-state index contributed by atoms with van der Waals surface area (Å²) in [6, 6.07) is 14.0. The molecule has 30 heavy (non-hydrogen) atoms. The first-order valence-electron chi connectivity index (χ1n) is 9.42. The van der Waals surface area contributed by atoms with Crippen LogP contribution in [0.5, 0.6) is 5.75 Å². The van der Waals surface area contributed by atoms with E-state index in [1.807, 2.05) is 44.2 Å². The number of imide groups is 1. The van der Waals surface area contributed by atoms with E-state index in [1.54, 1.807) is 0 Å². The van der Waals surface area contributed by atoms with Crippen molar-refractivity contribution in [1.82, 2.24) is 5.32 Å². The molecule has 2 unspecified atom stereocenters. The van der Waals surface area contributed by atoms with Crippen molar-refractivity contribution in [2.75, 3.05) is 6.61 Å². The Balaban J connectivity index is 1.92. The van der Waals surface area contributed by atoms with Crippen molar-refractivity contribution >= 4 is 17.8 Å². The topological polar surface area (TPSA) is 81.7 Å². The highest BCUT2D eigenvalue weighted by Crippen LogP contribution is 2.28. The second kappa shape index (κ2) is 11.0. The third-order valence-corrected chi connectivity index (χ3v) is 4.57. The van der Waals surface area contributed by atoms with Gasteiger partial charge in [0.05, 0.1) is 5.92 Å². The molecule has 0 aromatic heterocycles. The molecule has 2 aromatic rings. The van der Waals surface area contributed by atoms with Gasteiger partial charge in [0, 0.05) is 5.56 Å². The summed E-state index contributed by atoms with van der Waals surface area (Å²) in [5.41, 5.74) is 0.859. The fraction of sp³-hybridized carbons (Fsp3) is 0.318. The van der Waals surface area contributed by atoms with Gasteiger partial charge in [0.1, 0.15) is 5.75 Å². The number of esters is 1. The van der Waals surface area contributed by atoms with Crippen LogP contribution >= 0.6 is 0 Å². The number of alkyl halides is 2. The van der Waals surface area contributed by atoms with Gasteiger partial charge in [0.2, 0.25) is 0 Å². The molecule has 1 N–H and O–H groups in total. The van der Waals surface area contributed by atoms with E-state index >= 15 is 0 Å². The number of amides is 2. The van der Waals surface area contributed by atoms with E-state index in [2.05, 4.69) is 10.1 Å². The van der Waals surface area contributed by atoms with Crippen molar-refractivity contribution in [3.05, 3.63) is 65.7 Å². The van der Waals surface area contributed by atoms with Crippen LogP contribution < -0.4 is 10.1 Å². The highest BCUT2D eigenvalue weighted by molar-refractivity contribution is 6.05. The van der Waals surface area contributed by atoms with Gasteiger partial charge in [-0.3, -0.25) is 19.7 Å². The fourth-order valence-electron chi connectivity index (χ4n) is 2.84. The summed E-state index contributed by atoms with van der Waals surface area (Å²) >= 11 is 0. The Kier molecular flexibility index (Phi) is 8.46. The molecule has 2 atom stereocenters. The van der Waals surface area contributed by atoms with Gasteiger partial charge in [-0.2, -0.15) is 8.78 Å². The van der Waals surface area contributed by atoms with E-state index in [0.29, 0.717) is 0 Å². The Hall–Kier alpha value is -3.29. The molecular formula is C22H23F2NO5. The van der Waals surface area contributed by atoms with Crippen LogP contribution in [0, 0.1) is 5.92 Å². The minimum Gasteiger partial charge on any atom is -0.455 e. The molecule has 160 valence electrons. The highest BCUT2D eigenvalue weighted by atomic mass is 19.3. The predicted octanol–water partition coefficient (Wildman–Crippen LogP) is 3.92. The standard InChI is InChI=1S/C22H23F2NO5/c1-3-14(2)19(15-7-5-4-6-8-15)21(28)29-13-18(26)25-20(27)16-9-11-17(12-10-16)30-22(23)24/h4-12,14,19,22H,3,13H2,1-2H3,(H,25,26,27). The van der Waals surface area contributed by atoms with E-state index in [-0.39, 0.29) is 17.2 Å². The van der Waals surface area contributed by atoms with Gasteiger partial charge in [-0.1, -0.05) is 50.6 Å². The highest BCUT2D eigenvalue weighted by Gasteiger charge is 2.28. The van der Waals surface area contributed by atoms with E-state index in [4.69, 9.17) is 4.74 Å². The van der Waals surface area contributed by atoms with Crippen LogP contribution in [0.25, 0.3) is 0 Å². The molecule has 0 saturated heterocycles. The summed E-state index contributed by atoms with van der Waals surface area (Å²) < 4.78 is 33.6. The van der Waals surface area contributed by atoms with Gasteiger partial charge < -0.3 is 9.47 Å². The van der Waals surface area contributed by atoms with Gasteiger partial charge >= 0.3 is 12.6 Å². The number of hydrogen-bond donors (Lipinski definition) is 1. The average molecular weight is 419 g/mol. The SMILES string of the molecule is CCC(C)C(C(=O)OCC(=O)NC(=O)c1ccc(OC(F)F)cc1)c1ccccc1. The van der Waals surface area contributed by atoms with E-state index in [1.165, 1.54) is 24.3 Å². The van der Waals surface area contributed by atoms with Gasteiger partial charge in [0.25, 0.3) is 11.8 Å². The largest absolute Gasteiger partial charge is 0.455 e. The molecular weight excluding hydrogens is 396 g/mol. The van der Waals surface area contributed by atoms with Crippen molar-refractivity contribution in [1.29, 1.82) is 0 Å². The molecule has 2 amide bonds. The van der Waals surface area contributed by atoms with Crippen LogP contribution in [0.2, 0.25) is 0 Å². The van der Waals surface area contributed by atoms with Crippen LogP contribution in [0.15, 0.2) is 54.6 Å². The molecule has 6 nitrogen and oxygen atoms in total. The Morgan fingerprint density at radius 1 is 1.00 bits per heavy atom. The van der Waals surface area contributed by atoms with Gasteiger partial charge in [-0.25, -0.2) is 0 Å². The Labute approximate surface area is 173 Å². The minimum absolute atomic E-state index is 0.00133. The third-order valence-electron chi connectivity index (χ3n) is 4.57. The smallest absolute Gasteiger partial charge is 0.387 e. The molecule has 0 bridgehead atoms. The molecule has 0 spiro atoms. The van der Waals surface area contributed by atoms with Crippen LogP contribution in [0.4, 0.5) is 8.78 Å². The maximum atomic E-state index is 12.6. The summed E-state index contributed by atoms with van der Waals surface area (Å²) in [6.07, 6.45) is 0.741. The molecule has 0 aliphatic rings. The molecule has 8 heteroatoms. The lowest BCUT2D eigenvalue weighted by Crippen LogP contribution is -2.35. The van der Waals surface area contributed by atoms with Crippen molar-refractivity contribution in [2.45, 2.75) is 32.8 Å². The van der Waals surface area contributed by atoms with Crippen LogP contribution in [0.1, 0.15) is 42.1 Å². The summed E-state index contributed by atoms with van der Waals surface area (Å²) in [7, 11) is 0. The Bertz CT molecular complexity index is 856. The molecule has 2 rings (SSSR count). The monoisotopic (exact) mass is 419 g/mol. The van der Waals surface area contributed by atoms with Crippen molar-refractivity contribution in [3.8, 4) is 5.75 Å². The van der Waals surface area contributed by atoms with E-state index in [0.717, 1.165) is 12.0 Å². The first-order valence-corrected chi connectivity index (χ1v) is 9.42. The first-order chi connectivity index (χ1) is 14.3. The Morgan fingerprint density at radius 3 is 2.20 bits per heavy atom. The third kappa shape index (κ3) is 6.65.